The number of hydrogen-bond donors (Lipinski definition) is 0. The first kappa shape index (κ1) is 17.1. The standard InChI is InChI=1S/C12H15BrCl2O3S/c1-8(2)9(7-19(15,16)17)6-18-12-4-3-10(14)5-11(12)13/h3-5,8-9H,6-7H2,1-2H3. The highest BCUT2D eigenvalue weighted by molar-refractivity contribution is 9.10. The third kappa shape index (κ3) is 6.34. The van der Waals surface area contributed by atoms with Crippen LogP contribution in [0.3, 0.4) is 0 Å². The molecule has 1 unspecified atom stereocenters. The van der Waals surface area contributed by atoms with Gasteiger partial charge in [0, 0.05) is 21.6 Å². The van der Waals surface area contributed by atoms with Gasteiger partial charge in [-0.25, -0.2) is 8.42 Å². The van der Waals surface area contributed by atoms with E-state index in [-0.39, 0.29) is 24.2 Å². The molecule has 3 nitrogen and oxygen atoms in total. The van der Waals surface area contributed by atoms with Crippen LogP contribution in [0.1, 0.15) is 13.8 Å². The minimum atomic E-state index is -3.53. The Morgan fingerprint density at radius 2 is 2.00 bits per heavy atom. The summed E-state index contributed by atoms with van der Waals surface area (Å²) in [6, 6.07) is 5.17. The first-order valence-corrected chi connectivity index (χ1v) is 9.34. The smallest absolute Gasteiger partial charge is 0.233 e. The van der Waals surface area contributed by atoms with Gasteiger partial charge in [-0.3, -0.25) is 0 Å². The molecule has 0 saturated heterocycles. The summed E-state index contributed by atoms with van der Waals surface area (Å²) < 4.78 is 28.7. The number of ether oxygens (including phenoxy) is 1. The topological polar surface area (TPSA) is 43.4 Å². The van der Waals surface area contributed by atoms with Crippen molar-refractivity contribution in [1.82, 2.24) is 0 Å². The van der Waals surface area contributed by atoms with Crippen LogP contribution in [-0.4, -0.2) is 20.8 Å². The summed E-state index contributed by atoms with van der Waals surface area (Å²) in [7, 11) is 1.77. The molecule has 0 amide bonds. The summed E-state index contributed by atoms with van der Waals surface area (Å²) in [6.45, 7) is 4.16. The average Bonchev–Trinajstić information content (AvgIpc) is 2.24. The Bertz CT molecular complexity index is 532. The molecule has 19 heavy (non-hydrogen) atoms. The fraction of sp³-hybridized carbons (Fsp3) is 0.500. The molecule has 1 aromatic rings. The van der Waals surface area contributed by atoms with Crippen LogP contribution < -0.4 is 4.74 Å². The van der Waals surface area contributed by atoms with E-state index in [1.54, 1.807) is 18.2 Å². The van der Waals surface area contributed by atoms with E-state index in [9.17, 15) is 8.42 Å². The molecule has 0 bridgehead atoms. The van der Waals surface area contributed by atoms with Crippen molar-refractivity contribution in [3.63, 3.8) is 0 Å². The lowest BCUT2D eigenvalue weighted by Gasteiger charge is -2.20. The van der Waals surface area contributed by atoms with Crippen molar-refractivity contribution >= 4 is 47.3 Å². The van der Waals surface area contributed by atoms with Crippen LogP contribution >= 0.6 is 38.2 Å². The zero-order valence-corrected chi connectivity index (χ0v) is 14.5. The summed E-state index contributed by atoms with van der Waals surface area (Å²) in [5.41, 5.74) is 0. The predicted molar refractivity (Wildman–Crippen MR) is 82.6 cm³/mol. The summed E-state index contributed by atoms with van der Waals surface area (Å²) in [5.74, 6) is 0.518. The largest absolute Gasteiger partial charge is 0.492 e. The van der Waals surface area contributed by atoms with Gasteiger partial charge >= 0.3 is 0 Å². The SMILES string of the molecule is CC(C)C(COc1ccc(Cl)cc1Br)CS(=O)(=O)Cl. The summed E-state index contributed by atoms with van der Waals surface area (Å²) >= 11 is 9.18. The second-order valence-corrected chi connectivity index (χ2v) is 8.71. The quantitative estimate of drug-likeness (QED) is 0.680. The maximum atomic E-state index is 11.2. The minimum absolute atomic E-state index is 0.0998. The second kappa shape index (κ2) is 7.16. The maximum Gasteiger partial charge on any atom is 0.233 e. The van der Waals surface area contributed by atoms with Gasteiger partial charge in [-0.1, -0.05) is 25.4 Å². The van der Waals surface area contributed by atoms with Gasteiger partial charge in [-0.05, 0) is 40.0 Å². The van der Waals surface area contributed by atoms with Crippen molar-refractivity contribution in [1.29, 1.82) is 0 Å². The van der Waals surface area contributed by atoms with E-state index in [1.807, 2.05) is 13.8 Å². The fourth-order valence-electron chi connectivity index (χ4n) is 1.48. The molecule has 0 aliphatic rings. The molecule has 0 aromatic heterocycles. The molecule has 0 spiro atoms. The lowest BCUT2D eigenvalue weighted by atomic mass is 9.99. The van der Waals surface area contributed by atoms with Crippen LogP contribution in [0.2, 0.25) is 5.02 Å². The molecular formula is C12H15BrCl2O3S. The second-order valence-electron chi connectivity index (χ2n) is 4.60. The van der Waals surface area contributed by atoms with Crippen LogP contribution in [0.25, 0.3) is 0 Å². The van der Waals surface area contributed by atoms with Gasteiger partial charge in [0.1, 0.15) is 5.75 Å². The van der Waals surface area contributed by atoms with E-state index in [0.29, 0.717) is 10.8 Å². The third-order valence-electron chi connectivity index (χ3n) is 2.70. The Balaban J connectivity index is 2.71. The fourth-order valence-corrected chi connectivity index (χ4v) is 3.75. The summed E-state index contributed by atoms with van der Waals surface area (Å²) in [4.78, 5) is 0. The number of hydrogen-bond acceptors (Lipinski definition) is 3. The Labute approximate surface area is 131 Å². The van der Waals surface area contributed by atoms with Crippen LogP contribution in [0.15, 0.2) is 22.7 Å². The van der Waals surface area contributed by atoms with E-state index in [4.69, 9.17) is 27.0 Å². The molecular weight excluding hydrogens is 375 g/mol. The van der Waals surface area contributed by atoms with E-state index in [2.05, 4.69) is 15.9 Å². The maximum absolute atomic E-state index is 11.2. The zero-order valence-electron chi connectivity index (χ0n) is 10.6. The molecule has 0 radical (unpaired) electrons. The van der Waals surface area contributed by atoms with Gasteiger partial charge < -0.3 is 4.74 Å². The van der Waals surface area contributed by atoms with Crippen LogP contribution in [0.4, 0.5) is 0 Å². The van der Waals surface area contributed by atoms with Gasteiger partial charge in [0.15, 0.2) is 0 Å². The van der Waals surface area contributed by atoms with E-state index in [0.717, 1.165) is 4.47 Å². The van der Waals surface area contributed by atoms with Crippen molar-refractivity contribution in [2.75, 3.05) is 12.4 Å². The van der Waals surface area contributed by atoms with Gasteiger partial charge in [0.2, 0.25) is 9.05 Å². The summed E-state index contributed by atoms with van der Waals surface area (Å²) in [5, 5.41) is 0.600. The first-order valence-electron chi connectivity index (χ1n) is 5.69. The number of benzene rings is 1. The predicted octanol–water partition coefficient (Wildman–Crippen LogP) is 4.32. The van der Waals surface area contributed by atoms with Crippen molar-refractivity contribution < 1.29 is 13.2 Å². The zero-order chi connectivity index (χ0) is 14.6. The lowest BCUT2D eigenvalue weighted by Crippen LogP contribution is -2.24. The Hall–Kier alpha value is 0.0300. The van der Waals surface area contributed by atoms with Crippen LogP contribution in [-0.2, 0) is 9.05 Å². The molecule has 0 saturated carbocycles. The number of rotatable bonds is 6. The third-order valence-corrected chi connectivity index (χ3v) is 4.76. The van der Waals surface area contributed by atoms with Gasteiger partial charge in [-0.15, -0.1) is 0 Å². The normalized spacial score (nSPS) is 13.6. The van der Waals surface area contributed by atoms with E-state index < -0.39 is 9.05 Å². The first-order chi connectivity index (χ1) is 8.69. The van der Waals surface area contributed by atoms with Crippen LogP contribution in [0.5, 0.6) is 5.75 Å². The Morgan fingerprint density at radius 1 is 1.37 bits per heavy atom. The molecule has 0 N–H and O–H groups in total. The highest BCUT2D eigenvalue weighted by Crippen LogP contribution is 2.29. The van der Waals surface area contributed by atoms with Crippen molar-refractivity contribution in [2.45, 2.75) is 13.8 Å². The summed E-state index contributed by atoms with van der Waals surface area (Å²) in [6.07, 6.45) is 0. The molecule has 0 fully saturated rings. The minimum Gasteiger partial charge on any atom is -0.492 e. The number of halogens is 3. The molecule has 1 aromatic carbocycles. The Kier molecular flexibility index (Phi) is 6.43. The molecule has 0 heterocycles. The molecule has 7 heteroatoms. The van der Waals surface area contributed by atoms with Gasteiger partial charge in [0.25, 0.3) is 0 Å². The van der Waals surface area contributed by atoms with Crippen LogP contribution in [0, 0.1) is 11.8 Å². The Morgan fingerprint density at radius 3 is 2.47 bits per heavy atom. The average molecular weight is 390 g/mol. The van der Waals surface area contributed by atoms with Crippen molar-refractivity contribution in [3.8, 4) is 5.75 Å². The molecule has 108 valence electrons. The highest BCUT2D eigenvalue weighted by atomic mass is 79.9. The molecule has 1 atom stereocenters. The molecule has 0 aliphatic heterocycles. The lowest BCUT2D eigenvalue weighted by molar-refractivity contribution is 0.224. The highest BCUT2D eigenvalue weighted by Gasteiger charge is 2.21. The van der Waals surface area contributed by atoms with Gasteiger partial charge in [0.05, 0.1) is 16.8 Å². The van der Waals surface area contributed by atoms with Gasteiger partial charge in [-0.2, -0.15) is 0 Å². The van der Waals surface area contributed by atoms with E-state index in [1.165, 1.54) is 0 Å². The van der Waals surface area contributed by atoms with E-state index >= 15 is 0 Å². The molecule has 0 aliphatic carbocycles. The monoisotopic (exact) mass is 388 g/mol. The van der Waals surface area contributed by atoms with Crippen molar-refractivity contribution in [2.24, 2.45) is 11.8 Å². The molecule has 1 rings (SSSR count). The van der Waals surface area contributed by atoms with Crippen molar-refractivity contribution in [3.05, 3.63) is 27.7 Å².